The molecule has 0 atom stereocenters. The standard InChI is InChI=1S/C14H21NO2S/c1-11(2)10-14(4,5)15-18(16,17)13-8-6-12(3)7-9-13/h6-9,15H,1,10H2,2-5H3. The summed E-state index contributed by atoms with van der Waals surface area (Å²) in [6.07, 6.45) is 0.609. The minimum Gasteiger partial charge on any atom is -0.207 e. The van der Waals surface area contributed by atoms with Gasteiger partial charge in [0.15, 0.2) is 0 Å². The van der Waals surface area contributed by atoms with E-state index in [-0.39, 0.29) is 0 Å². The van der Waals surface area contributed by atoms with Crippen molar-refractivity contribution in [1.82, 2.24) is 4.72 Å². The molecule has 0 aromatic heterocycles. The van der Waals surface area contributed by atoms with E-state index in [1.165, 1.54) is 0 Å². The Morgan fingerprint density at radius 2 is 1.78 bits per heavy atom. The Kier molecular flexibility index (Phi) is 4.35. The summed E-state index contributed by atoms with van der Waals surface area (Å²) in [6.45, 7) is 11.3. The average Bonchev–Trinajstić information content (AvgIpc) is 2.13. The van der Waals surface area contributed by atoms with Crippen molar-refractivity contribution < 1.29 is 8.42 Å². The third-order valence-electron chi connectivity index (χ3n) is 2.49. The highest BCUT2D eigenvalue weighted by Crippen LogP contribution is 2.19. The first kappa shape index (κ1) is 14.9. The van der Waals surface area contributed by atoms with Crippen LogP contribution in [-0.4, -0.2) is 14.0 Å². The van der Waals surface area contributed by atoms with Gasteiger partial charge in [-0.05, 0) is 46.2 Å². The molecule has 0 unspecified atom stereocenters. The summed E-state index contributed by atoms with van der Waals surface area (Å²) in [4.78, 5) is 0.294. The molecule has 1 N–H and O–H groups in total. The minimum absolute atomic E-state index is 0.294. The first-order valence-corrected chi connectivity index (χ1v) is 7.36. The summed E-state index contributed by atoms with van der Waals surface area (Å²) >= 11 is 0. The maximum Gasteiger partial charge on any atom is 0.241 e. The SMILES string of the molecule is C=C(C)CC(C)(C)NS(=O)(=O)c1ccc(C)cc1. The van der Waals surface area contributed by atoms with Crippen molar-refractivity contribution in [2.24, 2.45) is 0 Å². The fourth-order valence-electron chi connectivity index (χ4n) is 1.93. The van der Waals surface area contributed by atoms with E-state index in [1.54, 1.807) is 24.3 Å². The first-order valence-electron chi connectivity index (χ1n) is 5.87. The van der Waals surface area contributed by atoms with Crippen molar-refractivity contribution in [3.63, 3.8) is 0 Å². The van der Waals surface area contributed by atoms with Crippen LogP contribution in [0.15, 0.2) is 41.3 Å². The molecule has 0 aliphatic carbocycles. The van der Waals surface area contributed by atoms with E-state index in [0.29, 0.717) is 11.3 Å². The molecule has 1 aromatic rings. The Labute approximate surface area is 110 Å². The van der Waals surface area contributed by atoms with Gasteiger partial charge >= 0.3 is 0 Å². The van der Waals surface area contributed by atoms with E-state index in [9.17, 15) is 8.42 Å². The Bertz CT molecular complexity index is 527. The number of rotatable bonds is 5. The quantitative estimate of drug-likeness (QED) is 0.834. The Hall–Kier alpha value is -1.13. The van der Waals surface area contributed by atoms with E-state index < -0.39 is 15.6 Å². The van der Waals surface area contributed by atoms with Gasteiger partial charge < -0.3 is 0 Å². The molecular weight excluding hydrogens is 246 g/mol. The Balaban J connectivity index is 2.95. The highest BCUT2D eigenvalue weighted by Gasteiger charge is 2.25. The molecule has 1 rings (SSSR count). The fraction of sp³-hybridized carbons (Fsp3) is 0.429. The molecule has 0 aliphatic rings. The summed E-state index contributed by atoms with van der Waals surface area (Å²) in [6, 6.07) is 6.82. The van der Waals surface area contributed by atoms with Crippen LogP contribution in [0.5, 0.6) is 0 Å². The molecule has 0 saturated heterocycles. The van der Waals surface area contributed by atoms with Crippen molar-refractivity contribution in [2.75, 3.05) is 0 Å². The van der Waals surface area contributed by atoms with Crippen molar-refractivity contribution in [3.05, 3.63) is 42.0 Å². The average molecular weight is 267 g/mol. The van der Waals surface area contributed by atoms with Crippen LogP contribution in [0.25, 0.3) is 0 Å². The molecule has 0 amide bonds. The van der Waals surface area contributed by atoms with E-state index >= 15 is 0 Å². The van der Waals surface area contributed by atoms with E-state index in [1.807, 2.05) is 27.7 Å². The number of hydrogen-bond acceptors (Lipinski definition) is 2. The van der Waals surface area contributed by atoms with E-state index in [4.69, 9.17) is 0 Å². The number of hydrogen-bond donors (Lipinski definition) is 1. The molecule has 3 nitrogen and oxygen atoms in total. The van der Waals surface area contributed by atoms with Gasteiger partial charge in [-0.1, -0.05) is 23.3 Å². The second kappa shape index (κ2) is 5.24. The molecule has 18 heavy (non-hydrogen) atoms. The van der Waals surface area contributed by atoms with Gasteiger partial charge in [-0.2, -0.15) is 0 Å². The number of aryl methyl sites for hydroxylation is 1. The zero-order valence-electron chi connectivity index (χ0n) is 11.4. The highest BCUT2D eigenvalue weighted by atomic mass is 32.2. The topological polar surface area (TPSA) is 46.2 Å². The fourth-order valence-corrected chi connectivity index (χ4v) is 3.34. The van der Waals surface area contributed by atoms with Gasteiger partial charge in [0, 0.05) is 5.54 Å². The lowest BCUT2D eigenvalue weighted by Crippen LogP contribution is -2.43. The van der Waals surface area contributed by atoms with Gasteiger partial charge in [0.25, 0.3) is 0 Å². The summed E-state index contributed by atoms with van der Waals surface area (Å²) in [5.41, 5.74) is 1.46. The molecule has 0 fully saturated rings. The predicted octanol–water partition coefficient (Wildman–Crippen LogP) is 3.02. The van der Waals surface area contributed by atoms with E-state index in [0.717, 1.165) is 11.1 Å². The van der Waals surface area contributed by atoms with Crippen LogP contribution in [0.2, 0.25) is 0 Å². The molecule has 0 radical (unpaired) electrons. The molecule has 0 saturated carbocycles. The number of benzene rings is 1. The number of sulfonamides is 1. The molecule has 100 valence electrons. The van der Waals surface area contributed by atoms with Gasteiger partial charge in [-0.25, -0.2) is 13.1 Å². The van der Waals surface area contributed by atoms with Gasteiger partial charge in [0.1, 0.15) is 0 Å². The van der Waals surface area contributed by atoms with Gasteiger partial charge in [0.2, 0.25) is 10.0 Å². The van der Waals surface area contributed by atoms with Crippen LogP contribution in [0.4, 0.5) is 0 Å². The zero-order valence-corrected chi connectivity index (χ0v) is 12.3. The van der Waals surface area contributed by atoms with Crippen LogP contribution >= 0.6 is 0 Å². The molecule has 0 heterocycles. The molecule has 4 heteroatoms. The van der Waals surface area contributed by atoms with Crippen LogP contribution in [0.1, 0.15) is 32.8 Å². The Morgan fingerprint density at radius 1 is 1.28 bits per heavy atom. The first-order chi connectivity index (χ1) is 8.12. The van der Waals surface area contributed by atoms with Crippen molar-refractivity contribution in [3.8, 4) is 0 Å². The lowest BCUT2D eigenvalue weighted by molar-refractivity contribution is 0.449. The Morgan fingerprint density at radius 3 is 2.22 bits per heavy atom. The summed E-state index contributed by atoms with van der Waals surface area (Å²) in [5, 5.41) is 0. The smallest absolute Gasteiger partial charge is 0.207 e. The van der Waals surface area contributed by atoms with Crippen LogP contribution < -0.4 is 4.72 Å². The van der Waals surface area contributed by atoms with Crippen molar-refractivity contribution in [2.45, 2.75) is 44.6 Å². The molecule has 0 spiro atoms. The second-order valence-corrected chi connectivity index (χ2v) is 7.12. The minimum atomic E-state index is -3.47. The third-order valence-corrected chi connectivity index (χ3v) is 4.20. The van der Waals surface area contributed by atoms with Crippen molar-refractivity contribution >= 4 is 10.0 Å². The lowest BCUT2D eigenvalue weighted by Gasteiger charge is -2.26. The highest BCUT2D eigenvalue weighted by molar-refractivity contribution is 7.89. The summed E-state index contributed by atoms with van der Waals surface area (Å²) in [7, 11) is -3.47. The van der Waals surface area contributed by atoms with Crippen LogP contribution in [-0.2, 0) is 10.0 Å². The van der Waals surface area contributed by atoms with Crippen LogP contribution in [0, 0.1) is 6.92 Å². The third kappa shape index (κ3) is 4.27. The lowest BCUT2D eigenvalue weighted by atomic mass is 9.98. The maximum absolute atomic E-state index is 12.2. The molecule has 0 aliphatic heterocycles. The van der Waals surface area contributed by atoms with Crippen molar-refractivity contribution in [1.29, 1.82) is 0 Å². The number of nitrogens with one attached hydrogen (secondary N) is 1. The maximum atomic E-state index is 12.2. The van der Waals surface area contributed by atoms with E-state index in [2.05, 4.69) is 11.3 Å². The summed E-state index contributed by atoms with van der Waals surface area (Å²) in [5.74, 6) is 0. The zero-order chi connectivity index (χ0) is 14.0. The largest absolute Gasteiger partial charge is 0.241 e. The van der Waals surface area contributed by atoms with Gasteiger partial charge in [-0.15, -0.1) is 6.58 Å². The van der Waals surface area contributed by atoms with Gasteiger partial charge in [-0.3, -0.25) is 0 Å². The molecular formula is C14H21NO2S. The normalized spacial score (nSPS) is 12.4. The predicted molar refractivity (Wildman–Crippen MR) is 75.0 cm³/mol. The van der Waals surface area contributed by atoms with Crippen LogP contribution in [0.3, 0.4) is 0 Å². The second-order valence-electron chi connectivity index (χ2n) is 5.44. The van der Waals surface area contributed by atoms with Gasteiger partial charge in [0.05, 0.1) is 4.90 Å². The molecule has 0 bridgehead atoms. The summed E-state index contributed by atoms with van der Waals surface area (Å²) < 4.78 is 27.1. The molecule has 1 aromatic carbocycles. The monoisotopic (exact) mass is 267 g/mol.